The number of nitrogens with zero attached hydrogens (tertiary/aromatic N) is 1. The Bertz CT molecular complexity index is 1330. The van der Waals surface area contributed by atoms with Gasteiger partial charge in [0.05, 0.1) is 9.79 Å². The average Bonchev–Trinajstić information content (AvgIpc) is 3.43. The fourth-order valence-electron chi connectivity index (χ4n) is 4.32. The summed E-state index contributed by atoms with van der Waals surface area (Å²) in [7, 11) is -3.72. The van der Waals surface area contributed by atoms with Crippen LogP contribution in [0.1, 0.15) is 18.4 Å². The van der Waals surface area contributed by atoms with E-state index in [4.69, 9.17) is 11.6 Å². The molecule has 3 N–H and O–H groups in total. The Morgan fingerprint density at radius 1 is 0.868 bits per heavy atom. The summed E-state index contributed by atoms with van der Waals surface area (Å²) in [4.78, 5) is 28.3. The van der Waals surface area contributed by atoms with Gasteiger partial charge in [-0.25, -0.2) is 13.2 Å². The Kier molecular flexibility index (Phi) is 9.38. The van der Waals surface area contributed by atoms with Gasteiger partial charge in [-0.05, 0) is 80.0 Å². The number of hydrogen-bond donors (Lipinski definition) is 3. The lowest BCUT2D eigenvalue weighted by Gasteiger charge is -2.20. The van der Waals surface area contributed by atoms with Gasteiger partial charge in [0.2, 0.25) is 15.7 Å². The summed E-state index contributed by atoms with van der Waals surface area (Å²) >= 11 is 5.86. The van der Waals surface area contributed by atoms with E-state index in [1.807, 2.05) is 30.3 Å². The molecule has 0 saturated carbocycles. The lowest BCUT2D eigenvalue weighted by molar-refractivity contribution is -0.122. The summed E-state index contributed by atoms with van der Waals surface area (Å²) in [5.74, 6) is -0.257. The first-order chi connectivity index (χ1) is 18.3. The molecule has 0 aromatic heterocycles. The van der Waals surface area contributed by atoms with Crippen LogP contribution >= 0.6 is 11.6 Å². The molecular weight excluding hydrogens is 524 g/mol. The minimum absolute atomic E-state index is 0.0881. The predicted octanol–water partition coefficient (Wildman–Crippen LogP) is 4.12. The van der Waals surface area contributed by atoms with Crippen molar-refractivity contribution in [2.75, 3.05) is 31.5 Å². The van der Waals surface area contributed by atoms with E-state index in [-0.39, 0.29) is 15.7 Å². The van der Waals surface area contributed by atoms with Crippen LogP contribution < -0.4 is 16.0 Å². The number of hydrogen-bond acceptors (Lipinski definition) is 5. The molecule has 4 rings (SSSR count). The predicted molar refractivity (Wildman–Crippen MR) is 148 cm³/mol. The van der Waals surface area contributed by atoms with E-state index in [1.54, 1.807) is 0 Å². The number of nitrogens with one attached hydrogen (secondary N) is 3. The smallest absolute Gasteiger partial charge is 0.319 e. The number of anilines is 1. The normalized spacial score (nSPS) is 14.6. The Balaban J connectivity index is 1.38. The van der Waals surface area contributed by atoms with Gasteiger partial charge < -0.3 is 20.9 Å². The third-order valence-electron chi connectivity index (χ3n) is 6.38. The number of carbonyl (C=O) groups is 2. The number of amides is 3. The number of benzene rings is 3. The minimum atomic E-state index is -3.72. The highest BCUT2D eigenvalue weighted by molar-refractivity contribution is 7.91. The van der Waals surface area contributed by atoms with Gasteiger partial charge in [-0.2, -0.15) is 0 Å². The van der Waals surface area contributed by atoms with Gasteiger partial charge in [-0.15, -0.1) is 0 Å². The molecule has 0 bridgehead atoms. The zero-order valence-electron chi connectivity index (χ0n) is 20.9. The Hall–Kier alpha value is -3.40. The van der Waals surface area contributed by atoms with Crippen LogP contribution in [0.2, 0.25) is 5.02 Å². The van der Waals surface area contributed by atoms with Crippen LogP contribution in [0.25, 0.3) is 0 Å². The van der Waals surface area contributed by atoms with Gasteiger partial charge in [0.25, 0.3) is 0 Å². The van der Waals surface area contributed by atoms with Crippen LogP contribution in [0.4, 0.5) is 10.5 Å². The second kappa shape index (κ2) is 12.9. The molecule has 1 saturated heterocycles. The molecule has 3 amide bonds. The third-order valence-corrected chi connectivity index (χ3v) is 8.41. The van der Waals surface area contributed by atoms with Crippen LogP contribution in [0.5, 0.6) is 0 Å². The topological polar surface area (TPSA) is 108 Å². The molecule has 1 aliphatic rings. The van der Waals surface area contributed by atoms with Crippen LogP contribution in [0.15, 0.2) is 88.7 Å². The second-order valence-electron chi connectivity index (χ2n) is 9.16. The molecule has 0 spiro atoms. The van der Waals surface area contributed by atoms with E-state index in [2.05, 4.69) is 20.9 Å². The summed E-state index contributed by atoms with van der Waals surface area (Å²) in [5.41, 5.74) is 1.31. The van der Waals surface area contributed by atoms with Crippen LogP contribution in [0.3, 0.4) is 0 Å². The zero-order valence-corrected chi connectivity index (χ0v) is 22.5. The standard InChI is InChI=1S/C28H31ClN4O4S/c29-22-8-12-24(13-9-22)38(36,37)25-14-10-23(11-15-25)31-28(35)32-26(20-21-6-2-1-3-7-21)27(34)30-16-19-33-17-4-5-18-33/h1-3,6-15,26H,4-5,16-20H2,(H,30,34)(H2,31,32,35)/t26-/m0/s1. The third kappa shape index (κ3) is 7.56. The van der Waals surface area contributed by atoms with Crippen LogP contribution in [0, 0.1) is 0 Å². The highest BCUT2D eigenvalue weighted by atomic mass is 35.5. The molecule has 3 aromatic carbocycles. The Labute approximate surface area is 228 Å². The highest BCUT2D eigenvalue weighted by Gasteiger charge is 2.22. The molecule has 0 unspecified atom stereocenters. The van der Waals surface area contributed by atoms with Crippen LogP contribution in [-0.4, -0.2) is 57.5 Å². The number of halogens is 1. The summed E-state index contributed by atoms with van der Waals surface area (Å²) in [6, 6.07) is 19.9. The zero-order chi connectivity index (χ0) is 27.0. The monoisotopic (exact) mass is 554 g/mol. The van der Waals surface area contributed by atoms with Crippen molar-refractivity contribution < 1.29 is 18.0 Å². The molecule has 1 heterocycles. The second-order valence-corrected chi connectivity index (χ2v) is 11.5. The first kappa shape index (κ1) is 27.6. The van der Waals surface area contributed by atoms with E-state index in [9.17, 15) is 18.0 Å². The van der Waals surface area contributed by atoms with Gasteiger partial charge in [-0.1, -0.05) is 41.9 Å². The summed E-state index contributed by atoms with van der Waals surface area (Å²) in [5, 5.41) is 8.84. The number of likely N-dealkylation sites (tertiary alicyclic amines) is 1. The van der Waals surface area contributed by atoms with Gasteiger partial charge in [0.1, 0.15) is 6.04 Å². The van der Waals surface area contributed by atoms with Gasteiger partial charge in [0, 0.05) is 30.2 Å². The number of sulfone groups is 1. The first-order valence-electron chi connectivity index (χ1n) is 12.5. The molecule has 200 valence electrons. The molecule has 10 heteroatoms. The maximum atomic E-state index is 13.0. The lowest BCUT2D eigenvalue weighted by atomic mass is 10.1. The average molecular weight is 555 g/mol. The van der Waals surface area contributed by atoms with Crippen molar-refractivity contribution in [3.8, 4) is 0 Å². The van der Waals surface area contributed by atoms with Crippen molar-refractivity contribution in [3.05, 3.63) is 89.4 Å². The van der Waals surface area contributed by atoms with E-state index >= 15 is 0 Å². The summed E-state index contributed by atoms with van der Waals surface area (Å²) < 4.78 is 25.7. The van der Waals surface area contributed by atoms with Gasteiger partial charge >= 0.3 is 6.03 Å². The van der Waals surface area contributed by atoms with Crippen molar-refractivity contribution in [1.29, 1.82) is 0 Å². The molecular formula is C28H31ClN4O4S. The fourth-order valence-corrected chi connectivity index (χ4v) is 5.71. The van der Waals surface area contributed by atoms with E-state index < -0.39 is 21.9 Å². The molecule has 8 nitrogen and oxygen atoms in total. The van der Waals surface area contributed by atoms with Crippen molar-refractivity contribution in [2.45, 2.75) is 35.1 Å². The largest absolute Gasteiger partial charge is 0.353 e. The van der Waals surface area contributed by atoms with E-state index in [0.29, 0.717) is 23.7 Å². The molecule has 0 aliphatic carbocycles. The summed E-state index contributed by atoms with van der Waals surface area (Å²) in [6.45, 7) is 3.38. The lowest BCUT2D eigenvalue weighted by Crippen LogP contribution is -2.50. The van der Waals surface area contributed by atoms with Crippen molar-refractivity contribution in [2.24, 2.45) is 0 Å². The summed E-state index contributed by atoms with van der Waals surface area (Å²) in [6.07, 6.45) is 2.70. The van der Waals surface area contributed by atoms with Crippen molar-refractivity contribution in [1.82, 2.24) is 15.5 Å². The molecule has 1 aliphatic heterocycles. The SMILES string of the molecule is O=C(Nc1ccc(S(=O)(=O)c2ccc(Cl)cc2)cc1)N[C@@H](Cc1ccccc1)C(=O)NCCN1CCCC1. The number of carbonyl (C=O) groups excluding carboxylic acids is 2. The van der Waals surface area contributed by atoms with Crippen LogP contribution in [-0.2, 0) is 21.1 Å². The maximum Gasteiger partial charge on any atom is 0.319 e. The first-order valence-corrected chi connectivity index (χ1v) is 14.4. The molecule has 3 aromatic rings. The Morgan fingerprint density at radius 3 is 2.11 bits per heavy atom. The molecule has 38 heavy (non-hydrogen) atoms. The molecule has 1 atom stereocenters. The van der Waals surface area contributed by atoms with Gasteiger partial charge in [0.15, 0.2) is 0 Å². The highest BCUT2D eigenvalue weighted by Crippen LogP contribution is 2.23. The Morgan fingerprint density at radius 2 is 1.47 bits per heavy atom. The minimum Gasteiger partial charge on any atom is -0.353 e. The quantitative estimate of drug-likeness (QED) is 0.349. The number of urea groups is 1. The van der Waals surface area contributed by atoms with Crippen molar-refractivity contribution in [3.63, 3.8) is 0 Å². The van der Waals surface area contributed by atoms with Crippen molar-refractivity contribution >= 4 is 39.1 Å². The fraction of sp³-hybridized carbons (Fsp3) is 0.286. The van der Waals surface area contributed by atoms with E-state index in [0.717, 1.165) is 25.2 Å². The molecule has 1 fully saturated rings. The number of rotatable bonds is 10. The van der Waals surface area contributed by atoms with Gasteiger partial charge in [-0.3, -0.25) is 4.79 Å². The molecule has 0 radical (unpaired) electrons. The van der Waals surface area contributed by atoms with E-state index in [1.165, 1.54) is 61.4 Å². The maximum absolute atomic E-state index is 13.0.